The van der Waals surface area contributed by atoms with Gasteiger partial charge in [0.05, 0.1) is 10.6 Å². The molecular weight excluding hydrogens is 432 g/mol. The van der Waals surface area contributed by atoms with Crippen LogP contribution in [0.3, 0.4) is 0 Å². The molecule has 0 unspecified atom stereocenters. The number of sulfonamides is 1. The molecule has 2 aliphatic rings. The summed E-state index contributed by atoms with van der Waals surface area (Å²) in [6.07, 6.45) is 3.77. The zero-order valence-electron chi connectivity index (χ0n) is 17.6. The lowest BCUT2D eigenvalue weighted by atomic mass is 9.82. The highest BCUT2D eigenvalue weighted by Crippen LogP contribution is 2.33. The van der Waals surface area contributed by atoms with Gasteiger partial charge in [0, 0.05) is 12.6 Å². The molecule has 10 heteroatoms. The minimum atomic E-state index is -3.82. The van der Waals surface area contributed by atoms with E-state index in [1.165, 1.54) is 31.3 Å². The first-order chi connectivity index (χ1) is 15.2. The van der Waals surface area contributed by atoms with E-state index in [2.05, 4.69) is 10.7 Å². The van der Waals surface area contributed by atoms with Crippen LogP contribution in [0.1, 0.15) is 42.5 Å². The third-order valence-electron chi connectivity index (χ3n) is 5.98. The second-order valence-electron chi connectivity index (χ2n) is 7.99. The third-order valence-corrected chi connectivity index (χ3v) is 7.78. The molecule has 2 N–H and O–H groups in total. The number of urea groups is 1. The Balaban J connectivity index is 1.48. The minimum absolute atomic E-state index is 0.0107. The number of carbonyl (C=O) groups excluding carboxylic acids is 3. The lowest BCUT2D eigenvalue weighted by Crippen LogP contribution is -2.50. The Morgan fingerprint density at radius 3 is 2.25 bits per heavy atom. The van der Waals surface area contributed by atoms with Crippen LogP contribution in [0.15, 0.2) is 59.5 Å². The molecule has 4 amide bonds. The van der Waals surface area contributed by atoms with E-state index in [9.17, 15) is 22.8 Å². The Bertz CT molecular complexity index is 1140. The van der Waals surface area contributed by atoms with Crippen molar-refractivity contribution < 1.29 is 22.8 Å². The fourth-order valence-corrected chi connectivity index (χ4v) is 5.29. The van der Waals surface area contributed by atoms with Crippen molar-refractivity contribution >= 4 is 33.6 Å². The number of nitrogens with zero attached hydrogens (tertiary/aromatic N) is 2. The molecule has 9 nitrogen and oxygen atoms in total. The van der Waals surface area contributed by atoms with Gasteiger partial charge in [0.1, 0.15) is 5.54 Å². The van der Waals surface area contributed by atoms with Crippen LogP contribution in [0.4, 0.5) is 10.5 Å². The second kappa shape index (κ2) is 8.27. The molecule has 1 aliphatic carbocycles. The van der Waals surface area contributed by atoms with E-state index in [1.807, 2.05) is 0 Å². The number of imide groups is 1. The van der Waals surface area contributed by atoms with Gasteiger partial charge in [-0.2, -0.15) is 5.01 Å². The first-order valence-corrected chi connectivity index (χ1v) is 11.8. The summed E-state index contributed by atoms with van der Waals surface area (Å²) < 4.78 is 26.9. The summed E-state index contributed by atoms with van der Waals surface area (Å²) in [7, 11) is -2.37. The standard InChI is InChI=1S/C22H24N4O5S/c1-25(17-8-4-2-5-9-17)32(30,31)18-12-10-16(11-13-18)19(27)24-26-20(28)22(23-21(26)29)14-6-3-7-15-22/h2,4-5,8-13H,3,6-7,14-15H2,1H3,(H,23,29)(H,24,27). The van der Waals surface area contributed by atoms with Crippen molar-refractivity contribution in [3.8, 4) is 0 Å². The molecule has 0 bridgehead atoms. The largest absolute Gasteiger partial charge is 0.344 e. The van der Waals surface area contributed by atoms with Gasteiger partial charge in [0.2, 0.25) is 0 Å². The predicted molar refractivity (Wildman–Crippen MR) is 117 cm³/mol. The summed E-state index contributed by atoms with van der Waals surface area (Å²) in [5.74, 6) is -1.14. The summed E-state index contributed by atoms with van der Waals surface area (Å²) in [4.78, 5) is 37.8. The number of carbonyl (C=O) groups is 3. The van der Waals surface area contributed by atoms with Gasteiger partial charge in [-0.15, -0.1) is 0 Å². The molecule has 2 aromatic carbocycles. The maximum atomic E-state index is 12.9. The zero-order chi connectivity index (χ0) is 22.9. The molecule has 0 atom stereocenters. The quantitative estimate of drug-likeness (QED) is 0.671. The van der Waals surface area contributed by atoms with Gasteiger partial charge in [0.25, 0.3) is 21.8 Å². The Labute approximate surface area is 186 Å². The molecule has 2 fully saturated rings. The van der Waals surface area contributed by atoms with Crippen molar-refractivity contribution in [2.45, 2.75) is 42.5 Å². The molecule has 4 rings (SSSR count). The van der Waals surface area contributed by atoms with Gasteiger partial charge in [-0.1, -0.05) is 37.5 Å². The summed E-state index contributed by atoms with van der Waals surface area (Å²) in [5, 5.41) is 3.44. The van der Waals surface area contributed by atoms with E-state index in [1.54, 1.807) is 30.3 Å². The molecule has 1 spiro atoms. The SMILES string of the molecule is CN(c1ccccc1)S(=O)(=O)c1ccc(C(=O)NN2C(=O)NC3(CCCCC3)C2=O)cc1. The molecular formula is C22H24N4O5S. The molecule has 1 heterocycles. The molecule has 168 valence electrons. The van der Waals surface area contributed by atoms with E-state index in [0.29, 0.717) is 18.5 Å². The van der Waals surface area contributed by atoms with Crippen LogP contribution in [-0.2, 0) is 14.8 Å². The maximum absolute atomic E-state index is 12.9. The van der Waals surface area contributed by atoms with Gasteiger partial charge in [0.15, 0.2) is 0 Å². The minimum Gasteiger partial charge on any atom is -0.322 e. The van der Waals surface area contributed by atoms with Crippen LogP contribution in [-0.4, -0.2) is 43.9 Å². The summed E-state index contributed by atoms with van der Waals surface area (Å²) in [6.45, 7) is 0. The van der Waals surface area contributed by atoms with Gasteiger partial charge in [-0.3, -0.25) is 19.3 Å². The molecule has 1 saturated carbocycles. The first kappa shape index (κ1) is 21.8. The van der Waals surface area contributed by atoms with Gasteiger partial charge < -0.3 is 5.32 Å². The highest BCUT2D eigenvalue weighted by molar-refractivity contribution is 7.92. The maximum Gasteiger partial charge on any atom is 0.344 e. The van der Waals surface area contributed by atoms with Crippen LogP contribution in [0.5, 0.6) is 0 Å². The molecule has 1 aliphatic heterocycles. The van der Waals surface area contributed by atoms with E-state index < -0.39 is 33.4 Å². The van der Waals surface area contributed by atoms with Crippen LogP contribution in [0.2, 0.25) is 0 Å². The number of nitrogens with one attached hydrogen (secondary N) is 2. The zero-order valence-corrected chi connectivity index (χ0v) is 18.4. The summed E-state index contributed by atoms with van der Waals surface area (Å²) >= 11 is 0. The average molecular weight is 457 g/mol. The first-order valence-electron chi connectivity index (χ1n) is 10.4. The van der Waals surface area contributed by atoms with E-state index in [4.69, 9.17) is 0 Å². The number of benzene rings is 2. The average Bonchev–Trinajstić information content (AvgIpc) is 3.03. The van der Waals surface area contributed by atoms with Crippen LogP contribution in [0, 0.1) is 0 Å². The lowest BCUT2D eigenvalue weighted by Gasteiger charge is -2.30. The number of hydrogen-bond acceptors (Lipinski definition) is 5. The highest BCUT2D eigenvalue weighted by atomic mass is 32.2. The number of rotatable bonds is 5. The topological polar surface area (TPSA) is 116 Å². The highest BCUT2D eigenvalue weighted by Gasteiger charge is 2.52. The fourth-order valence-electron chi connectivity index (χ4n) is 4.10. The fraction of sp³-hybridized carbons (Fsp3) is 0.318. The van der Waals surface area contributed by atoms with Gasteiger partial charge in [-0.05, 0) is 49.2 Å². The predicted octanol–water partition coefficient (Wildman–Crippen LogP) is 2.41. The Hall–Kier alpha value is -3.40. The lowest BCUT2D eigenvalue weighted by molar-refractivity contribution is -0.134. The van der Waals surface area contributed by atoms with Crippen molar-refractivity contribution in [2.24, 2.45) is 0 Å². The normalized spacial score (nSPS) is 17.8. The number of amides is 4. The van der Waals surface area contributed by atoms with Gasteiger partial charge >= 0.3 is 6.03 Å². The van der Waals surface area contributed by atoms with E-state index in [0.717, 1.165) is 28.6 Å². The van der Waals surface area contributed by atoms with Crippen molar-refractivity contribution in [3.05, 3.63) is 60.2 Å². The van der Waals surface area contributed by atoms with Crippen LogP contribution < -0.4 is 15.0 Å². The monoisotopic (exact) mass is 456 g/mol. The molecule has 2 aromatic rings. The molecule has 1 saturated heterocycles. The van der Waals surface area contributed by atoms with Crippen molar-refractivity contribution in [3.63, 3.8) is 0 Å². The van der Waals surface area contributed by atoms with Gasteiger partial charge in [-0.25, -0.2) is 13.2 Å². The number of hydrogen-bond donors (Lipinski definition) is 2. The van der Waals surface area contributed by atoms with E-state index in [-0.39, 0.29) is 10.5 Å². The summed E-state index contributed by atoms with van der Waals surface area (Å²) in [5.41, 5.74) is 2.03. The number of anilines is 1. The Morgan fingerprint density at radius 2 is 1.62 bits per heavy atom. The number of hydrazine groups is 1. The third kappa shape index (κ3) is 3.81. The molecule has 0 radical (unpaired) electrons. The number of para-hydroxylation sites is 1. The van der Waals surface area contributed by atoms with Crippen LogP contribution >= 0.6 is 0 Å². The molecule has 0 aromatic heterocycles. The van der Waals surface area contributed by atoms with E-state index >= 15 is 0 Å². The second-order valence-corrected chi connectivity index (χ2v) is 9.96. The summed E-state index contributed by atoms with van der Waals surface area (Å²) in [6, 6.07) is 13.3. The van der Waals surface area contributed by atoms with Crippen molar-refractivity contribution in [1.82, 2.24) is 15.8 Å². The Morgan fingerprint density at radius 1 is 1.00 bits per heavy atom. The smallest absolute Gasteiger partial charge is 0.322 e. The van der Waals surface area contributed by atoms with Crippen molar-refractivity contribution in [2.75, 3.05) is 11.4 Å². The van der Waals surface area contributed by atoms with Crippen LogP contribution in [0.25, 0.3) is 0 Å². The van der Waals surface area contributed by atoms with Crippen molar-refractivity contribution in [1.29, 1.82) is 0 Å². The molecule has 32 heavy (non-hydrogen) atoms. The Kier molecular flexibility index (Phi) is 5.64.